The van der Waals surface area contributed by atoms with Crippen LogP contribution < -0.4 is 4.90 Å². The van der Waals surface area contributed by atoms with Crippen molar-refractivity contribution in [3.05, 3.63) is 12.8 Å². The molecule has 1 aliphatic rings. The smallest absolute Gasteiger partial charge is 0.320 e. The van der Waals surface area contributed by atoms with Crippen molar-refractivity contribution in [1.82, 2.24) is 0 Å². The van der Waals surface area contributed by atoms with Crippen LogP contribution in [0.4, 0.5) is 0 Å². The molecule has 1 heterocycles. The van der Waals surface area contributed by atoms with Gasteiger partial charge in [0, 0.05) is 12.8 Å². The Kier molecular flexibility index (Phi) is 4.35. The summed E-state index contributed by atoms with van der Waals surface area (Å²) in [4.78, 5) is 36.5. The van der Waals surface area contributed by atoms with Crippen molar-refractivity contribution in [3.8, 4) is 0 Å². The molecule has 0 spiro atoms. The zero-order chi connectivity index (χ0) is 12.6. The zero-order valence-corrected chi connectivity index (χ0v) is 10.5. The summed E-state index contributed by atoms with van der Waals surface area (Å²) in [6.45, 7) is 1.97. The minimum atomic E-state index is -4.84. The lowest BCUT2D eigenvalue weighted by Crippen LogP contribution is -3.19. The Bertz CT molecular complexity index is 314. The summed E-state index contributed by atoms with van der Waals surface area (Å²) in [7, 11) is -9.67. The van der Waals surface area contributed by atoms with E-state index < -0.39 is 20.7 Å². The first kappa shape index (κ1) is 14.3. The molecular weight excluding hydrogens is 256 g/mol. The topological polar surface area (TPSA) is 120 Å². The van der Waals surface area contributed by atoms with Gasteiger partial charge in [0.1, 0.15) is 0 Å². The molecule has 2 unspecified atom stereocenters. The molecule has 16 heavy (non-hydrogen) atoms. The molecule has 1 rings (SSSR count). The van der Waals surface area contributed by atoms with Crippen LogP contribution in [0.2, 0.25) is 0 Å². The standard InChI is InChI=1S/C7H15NO6P2/c1-6-4-2-3-5-8(6)7(15(9,10)11)16(12,13)14/h2,4,6-7H,3,5H2,1H3,(H2,9,10,11)(H2,12,13,14)/p+1. The van der Waals surface area contributed by atoms with Crippen molar-refractivity contribution in [2.24, 2.45) is 0 Å². The molecule has 5 N–H and O–H groups in total. The predicted octanol–water partition coefficient (Wildman–Crippen LogP) is -1.29. The summed E-state index contributed by atoms with van der Waals surface area (Å²) in [6.07, 6.45) is 4.10. The van der Waals surface area contributed by atoms with E-state index in [9.17, 15) is 9.13 Å². The largest absolute Gasteiger partial charge is 0.395 e. The highest BCUT2D eigenvalue weighted by atomic mass is 31.2. The molecule has 0 aromatic carbocycles. The summed E-state index contributed by atoms with van der Waals surface area (Å²) < 4.78 is 22.4. The molecule has 0 bridgehead atoms. The van der Waals surface area contributed by atoms with Gasteiger partial charge in [0.05, 0.1) is 12.6 Å². The molecule has 0 saturated carbocycles. The SMILES string of the molecule is CC1[CH][CH]CC[NH+]1C(P(=O)(O)O)P(=O)(O)O. The number of piperidine rings is 1. The fourth-order valence-corrected chi connectivity index (χ4v) is 5.05. The first-order valence-electron chi connectivity index (χ1n) is 4.76. The van der Waals surface area contributed by atoms with Gasteiger partial charge in [0.2, 0.25) is 0 Å². The van der Waals surface area contributed by atoms with Crippen molar-refractivity contribution in [3.63, 3.8) is 0 Å². The lowest BCUT2D eigenvalue weighted by Gasteiger charge is -2.35. The fraction of sp³-hybridized carbons (Fsp3) is 0.714. The molecule has 0 amide bonds. The highest BCUT2D eigenvalue weighted by Gasteiger charge is 2.53. The van der Waals surface area contributed by atoms with E-state index in [-0.39, 0.29) is 10.9 Å². The van der Waals surface area contributed by atoms with E-state index in [1.807, 2.05) is 6.42 Å². The van der Waals surface area contributed by atoms with Crippen molar-refractivity contribution in [2.45, 2.75) is 24.9 Å². The average molecular weight is 272 g/mol. The quantitative estimate of drug-likeness (QED) is 0.408. The second-order valence-electron chi connectivity index (χ2n) is 3.88. The molecule has 1 fully saturated rings. The normalized spacial score (nSPS) is 28.4. The molecular formula is C7H16NO6P2+. The lowest BCUT2D eigenvalue weighted by molar-refractivity contribution is -0.922. The fourth-order valence-electron chi connectivity index (χ4n) is 1.89. The number of rotatable bonds is 3. The first-order valence-corrected chi connectivity index (χ1v) is 8.13. The Morgan fingerprint density at radius 2 is 1.75 bits per heavy atom. The van der Waals surface area contributed by atoms with Gasteiger partial charge in [-0.1, -0.05) is 0 Å². The van der Waals surface area contributed by atoms with Gasteiger partial charge in [-0.3, -0.25) is 9.13 Å². The minimum absolute atomic E-state index is 0.240. The van der Waals surface area contributed by atoms with Crippen LogP contribution in [0.15, 0.2) is 0 Å². The van der Waals surface area contributed by atoms with Gasteiger partial charge in [-0.2, -0.15) is 0 Å². The molecule has 2 radical (unpaired) electrons. The van der Waals surface area contributed by atoms with Gasteiger partial charge in [0.25, 0.3) is 5.52 Å². The van der Waals surface area contributed by atoms with Crippen molar-refractivity contribution in [2.75, 3.05) is 6.54 Å². The van der Waals surface area contributed by atoms with Crippen LogP contribution >= 0.6 is 15.2 Å². The van der Waals surface area contributed by atoms with Crippen LogP contribution in [-0.2, 0) is 9.13 Å². The number of hydrogen-bond acceptors (Lipinski definition) is 2. The molecule has 7 nitrogen and oxygen atoms in total. The van der Waals surface area contributed by atoms with Crippen LogP contribution in [0.1, 0.15) is 13.3 Å². The number of nitrogens with one attached hydrogen (secondary N) is 1. The third-order valence-electron chi connectivity index (χ3n) is 2.58. The zero-order valence-electron chi connectivity index (χ0n) is 8.72. The van der Waals surface area contributed by atoms with Crippen LogP contribution in [-0.4, -0.2) is 37.7 Å². The second-order valence-corrected chi connectivity index (χ2v) is 7.68. The molecule has 2 atom stereocenters. The molecule has 0 aliphatic carbocycles. The maximum absolute atomic E-state index is 11.2. The van der Waals surface area contributed by atoms with E-state index in [4.69, 9.17) is 19.6 Å². The van der Waals surface area contributed by atoms with E-state index in [2.05, 4.69) is 0 Å². The van der Waals surface area contributed by atoms with E-state index in [0.29, 0.717) is 13.0 Å². The molecule has 94 valence electrons. The Morgan fingerprint density at radius 3 is 2.12 bits per heavy atom. The monoisotopic (exact) mass is 272 g/mol. The van der Waals surface area contributed by atoms with E-state index in [1.54, 1.807) is 13.3 Å². The molecule has 1 saturated heterocycles. The van der Waals surface area contributed by atoms with Gasteiger partial charge in [-0.05, 0) is 13.3 Å². The van der Waals surface area contributed by atoms with Gasteiger partial charge < -0.3 is 24.5 Å². The van der Waals surface area contributed by atoms with Crippen LogP contribution in [0, 0.1) is 12.8 Å². The first-order chi connectivity index (χ1) is 7.14. The van der Waals surface area contributed by atoms with Crippen molar-refractivity contribution in [1.29, 1.82) is 0 Å². The average Bonchev–Trinajstić information content (AvgIpc) is 2.03. The molecule has 0 aromatic heterocycles. The van der Waals surface area contributed by atoms with Crippen molar-refractivity contribution >= 4 is 15.2 Å². The Morgan fingerprint density at radius 1 is 1.25 bits per heavy atom. The number of quaternary nitrogens is 1. The minimum Gasteiger partial charge on any atom is -0.320 e. The summed E-state index contributed by atoms with van der Waals surface area (Å²) >= 11 is 0. The third-order valence-corrected chi connectivity index (χ3v) is 6.32. The Labute approximate surface area is 93.8 Å². The second kappa shape index (κ2) is 4.86. The number of likely N-dealkylation sites (tertiary alicyclic amines) is 1. The van der Waals surface area contributed by atoms with Crippen LogP contribution in [0.25, 0.3) is 0 Å². The maximum Gasteiger partial charge on any atom is 0.395 e. The maximum atomic E-state index is 11.2. The summed E-state index contributed by atoms with van der Waals surface area (Å²) in [5.41, 5.74) is -1.96. The number of hydrogen-bond donors (Lipinski definition) is 5. The van der Waals surface area contributed by atoms with Crippen LogP contribution in [0.5, 0.6) is 0 Å². The highest BCUT2D eigenvalue weighted by molar-refractivity contribution is 7.70. The van der Waals surface area contributed by atoms with E-state index in [0.717, 1.165) is 0 Å². The van der Waals surface area contributed by atoms with Gasteiger partial charge in [0.15, 0.2) is 0 Å². The molecule has 1 aliphatic heterocycles. The summed E-state index contributed by atoms with van der Waals surface area (Å²) in [5.74, 6) is 0. The Hall–Kier alpha value is 0.260. The van der Waals surface area contributed by atoms with Crippen molar-refractivity contribution < 1.29 is 33.6 Å². The summed E-state index contributed by atoms with van der Waals surface area (Å²) in [6, 6.07) is -0.320. The van der Waals surface area contributed by atoms with Gasteiger partial charge in [-0.15, -0.1) is 0 Å². The summed E-state index contributed by atoms with van der Waals surface area (Å²) in [5, 5.41) is 0. The van der Waals surface area contributed by atoms with E-state index >= 15 is 0 Å². The van der Waals surface area contributed by atoms with Gasteiger partial charge >= 0.3 is 15.2 Å². The van der Waals surface area contributed by atoms with E-state index in [1.165, 1.54) is 0 Å². The molecule has 9 heteroatoms. The predicted molar refractivity (Wildman–Crippen MR) is 56.4 cm³/mol. The van der Waals surface area contributed by atoms with Gasteiger partial charge in [-0.25, -0.2) is 0 Å². The third kappa shape index (κ3) is 3.37. The molecule has 0 aromatic rings. The Balaban J connectivity index is 3.02. The highest BCUT2D eigenvalue weighted by Crippen LogP contribution is 2.56. The van der Waals surface area contributed by atoms with Crippen LogP contribution in [0.3, 0.4) is 0 Å². The lowest BCUT2D eigenvalue weighted by atomic mass is 10.1.